The molecule has 2 unspecified atom stereocenters. The first kappa shape index (κ1) is 10.7. The van der Waals surface area contributed by atoms with Gasteiger partial charge >= 0.3 is 0 Å². The zero-order chi connectivity index (χ0) is 10.8. The highest BCUT2D eigenvalue weighted by molar-refractivity contribution is 5.28. The SMILES string of the molecule is CC(O)C(O)c1ccc(C2CCC2)cc1. The number of hydrogen-bond donors (Lipinski definition) is 2. The predicted molar refractivity (Wildman–Crippen MR) is 59.7 cm³/mol. The molecule has 1 fully saturated rings. The standard InChI is InChI=1S/C13H18O2/c1-9(14)13(15)12-7-5-11(6-8-12)10-3-2-4-10/h5-10,13-15H,2-4H2,1H3. The summed E-state index contributed by atoms with van der Waals surface area (Å²) in [4.78, 5) is 0. The fourth-order valence-electron chi connectivity index (χ4n) is 1.99. The maximum atomic E-state index is 9.65. The lowest BCUT2D eigenvalue weighted by molar-refractivity contribution is 0.0305. The summed E-state index contributed by atoms with van der Waals surface area (Å²) < 4.78 is 0. The number of aliphatic hydroxyl groups is 2. The molecule has 82 valence electrons. The molecule has 1 aromatic rings. The van der Waals surface area contributed by atoms with Crippen LogP contribution in [0, 0.1) is 0 Å². The summed E-state index contributed by atoms with van der Waals surface area (Å²) in [6.07, 6.45) is 2.44. The average molecular weight is 206 g/mol. The fourth-order valence-corrected chi connectivity index (χ4v) is 1.99. The van der Waals surface area contributed by atoms with E-state index in [0.717, 1.165) is 11.5 Å². The normalized spacial score (nSPS) is 20.7. The van der Waals surface area contributed by atoms with Crippen LogP contribution in [0.25, 0.3) is 0 Å². The van der Waals surface area contributed by atoms with Crippen LogP contribution < -0.4 is 0 Å². The Morgan fingerprint density at radius 2 is 1.73 bits per heavy atom. The van der Waals surface area contributed by atoms with Gasteiger partial charge in [0, 0.05) is 0 Å². The number of rotatable bonds is 3. The first-order valence-corrected chi connectivity index (χ1v) is 5.64. The van der Waals surface area contributed by atoms with Gasteiger partial charge in [-0.3, -0.25) is 0 Å². The molecule has 0 heterocycles. The van der Waals surface area contributed by atoms with Crippen molar-refractivity contribution in [1.82, 2.24) is 0 Å². The molecule has 2 nitrogen and oxygen atoms in total. The van der Waals surface area contributed by atoms with E-state index in [4.69, 9.17) is 0 Å². The Morgan fingerprint density at radius 3 is 2.13 bits per heavy atom. The molecule has 1 saturated carbocycles. The first-order valence-electron chi connectivity index (χ1n) is 5.64. The van der Waals surface area contributed by atoms with Crippen LogP contribution in [0.15, 0.2) is 24.3 Å². The van der Waals surface area contributed by atoms with Gasteiger partial charge in [-0.1, -0.05) is 30.7 Å². The highest BCUT2D eigenvalue weighted by Crippen LogP contribution is 2.36. The first-order chi connectivity index (χ1) is 7.18. The second-order valence-electron chi connectivity index (χ2n) is 4.48. The molecule has 15 heavy (non-hydrogen) atoms. The van der Waals surface area contributed by atoms with E-state index >= 15 is 0 Å². The van der Waals surface area contributed by atoms with E-state index in [1.165, 1.54) is 24.8 Å². The van der Waals surface area contributed by atoms with Crippen molar-refractivity contribution < 1.29 is 10.2 Å². The lowest BCUT2D eigenvalue weighted by atomic mass is 9.80. The van der Waals surface area contributed by atoms with Gasteiger partial charge in [0.15, 0.2) is 0 Å². The highest BCUT2D eigenvalue weighted by Gasteiger charge is 2.20. The lowest BCUT2D eigenvalue weighted by Crippen LogP contribution is -2.14. The lowest BCUT2D eigenvalue weighted by Gasteiger charge is -2.26. The molecular formula is C13H18O2. The van der Waals surface area contributed by atoms with Crippen molar-refractivity contribution >= 4 is 0 Å². The van der Waals surface area contributed by atoms with Crippen LogP contribution in [0.3, 0.4) is 0 Å². The maximum absolute atomic E-state index is 9.65. The monoisotopic (exact) mass is 206 g/mol. The van der Waals surface area contributed by atoms with Gasteiger partial charge in [0.1, 0.15) is 6.10 Å². The third-order valence-electron chi connectivity index (χ3n) is 3.31. The molecule has 2 heteroatoms. The van der Waals surface area contributed by atoms with Crippen LogP contribution in [0.2, 0.25) is 0 Å². The molecule has 1 aromatic carbocycles. The van der Waals surface area contributed by atoms with Gasteiger partial charge in [-0.2, -0.15) is 0 Å². The van der Waals surface area contributed by atoms with Gasteiger partial charge in [-0.15, -0.1) is 0 Å². The van der Waals surface area contributed by atoms with Gasteiger partial charge in [-0.05, 0) is 36.8 Å². The average Bonchev–Trinajstić information content (AvgIpc) is 2.15. The van der Waals surface area contributed by atoms with Gasteiger partial charge in [0.05, 0.1) is 6.10 Å². The van der Waals surface area contributed by atoms with E-state index in [1.54, 1.807) is 6.92 Å². The molecule has 1 aliphatic carbocycles. The summed E-state index contributed by atoms with van der Waals surface area (Å²) in [6, 6.07) is 7.99. The van der Waals surface area contributed by atoms with Gasteiger partial charge in [0.25, 0.3) is 0 Å². The minimum Gasteiger partial charge on any atom is -0.390 e. The predicted octanol–water partition coefficient (Wildman–Crippen LogP) is 2.37. The van der Waals surface area contributed by atoms with Crippen molar-refractivity contribution in [3.8, 4) is 0 Å². The number of hydrogen-bond acceptors (Lipinski definition) is 2. The van der Waals surface area contributed by atoms with Crippen molar-refractivity contribution in [2.45, 2.75) is 44.3 Å². The maximum Gasteiger partial charge on any atom is 0.105 e. The molecule has 0 radical (unpaired) electrons. The smallest absolute Gasteiger partial charge is 0.105 e. The van der Waals surface area contributed by atoms with Gasteiger partial charge < -0.3 is 10.2 Å². The summed E-state index contributed by atoms with van der Waals surface area (Å²) in [7, 11) is 0. The Kier molecular flexibility index (Phi) is 3.08. The molecule has 2 atom stereocenters. The molecule has 0 saturated heterocycles. The molecule has 2 N–H and O–H groups in total. The van der Waals surface area contributed by atoms with Crippen LogP contribution in [0.4, 0.5) is 0 Å². The second kappa shape index (κ2) is 4.33. The molecule has 0 aliphatic heterocycles. The van der Waals surface area contributed by atoms with Crippen LogP contribution in [0.5, 0.6) is 0 Å². The summed E-state index contributed by atoms with van der Waals surface area (Å²) in [6.45, 7) is 1.60. The molecule has 0 amide bonds. The van der Waals surface area contributed by atoms with Gasteiger partial charge in [0.2, 0.25) is 0 Å². The fraction of sp³-hybridized carbons (Fsp3) is 0.538. The van der Waals surface area contributed by atoms with Crippen molar-refractivity contribution in [2.75, 3.05) is 0 Å². The Balaban J connectivity index is 2.09. The van der Waals surface area contributed by atoms with Crippen molar-refractivity contribution in [1.29, 1.82) is 0 Å². The summed E-state index contributed by atoms with van der Waals surface area (Å²) in [5.41, 5.74) is 2.16. The van der Waals surface area contributed by atoms with Crippen molar-refractivity contribution in [3.63, 3.8) is 0 Å². The molecule has 1 aliphatic rings. The van der Waals surface area contributed by atoms with Crippen LogP contribution in [0.1, 0.15) is 49.3 Å². The van der Waals surface area contributed by atoms with E-state index in [9.17, 15) is 10.2 Å². The summed E-state index contributed by atoms with van der Waals surface area (Å²) in [5.74, 6) is 0.725. The molecular weight excluding hydrogens is 188 g/mol. The number of benzene rings is 1. The topological polar surface area (TPSA) is 40.5 Å². The van der Waals surface area contributed by atoms with E-state index in [-0.39, 0.29) is 0 Å². The van der Waals surface area contributed by atoms with Crippen LogP contribution in [-0.4, -0.2) is 16.3 Å². The van der Waals surface area contributed by atoms with Crippen LogP contribution in [-0.2, 0) is 0 Å². The minimum absolute atomic E-state index is 0.709. The summed E-state index contributed by atoms with van der Waals surface area (Å²) >= 11 is 0. The largest absolute Gasteiger partial charge is 0.390 e. The van der Waals surface area contributed by atoms with E-state index in [1.807, 2.05) is 12.1 Å². The second-order valence-corrected chi connectivity index (χ2v) is 4.48. The zero-order valence-electron chi connectivity index (χ0n) is 9.06. The zero-order valence-corrected chi connectivity index (χ0v) is 9.06. The molecule has 2 rings (SSSR count). The Morgan fingerprint density at radius 1 is 1.13 bits per heavy atom. The number of aliphatic hydroxyl groups excluding tert-OH is 2. The van der Waals surface area contributed by atoms with E-state index in [0.29, 0.717) is 0 Å². The Labute approximate surface area is 90.6 Å². The van der Waals surface area contributed by atoms with Gasteiger partial charge in [-0.25, -0.2) is 0 Å². The Bertz CT molecular complexity index is 312. The molecule has 0 aromatic heterocycles. The quantitative estimate of drug-likeness (QED) is 0.797. The Hall–Kier alpha value is -0.860. The molecule has 0 spiro atoms. The van der Waals surface area contributed by atoms with E-state index in [2.05, 4.69) is 12.1 Å². The third-order valence-corrected chi connectivity index (χ3v) is 3.31. The van der Waals surface area contributed by atoms with Crippen molar-refractivity contribution in [2.24, 2.45) is 0 Å². The van der Waals surface area contributed by atoms with E-state index < -0.39 is 12.2 Å². The highest BCUT2D eigenvalue weighted by atomic mass is 16.3. The molecule has 0 bridgehead atoms. The summed E-state index contributed by atoms with van der Waals surface area (Å²) in [5, 5.41) is 18.9. The van der Waals surface area contributed by atoms with Crippen molar-refractivity contribution in [3.05, 3.63) is 35.4 Å². The van der Waals surface area contributed by atoms with Crippen LogP contribution >= 0.6 is 0 Å². The third kappa shape index (κ3) is 2.21. The minimum atomic E-state index is -0.763.